The van der Waals surface area contributed by atoms with Gasteiger partial charge in [0.2, 0.25) is 0 Å². The van der Waals surface area contributed by atoms with Gasteiger partial charge in [0.25, 0.3) is 0 Å². The van der Waals surface area contributed by atoms with Crippen LogP contribution in [0.2, 0.25) is 5.02 Å². The summed E-state index contributed by atoms with van der Waals surface area (Å²) in [6, 6.07) is 16.6. The summed E-state index contributed by atoms with van der Waals surface area (Å²) in [5.74, 6) is 0.314. The first kappa shape index (κ1) is 23.1. The number of benzene rings is 2. The second-order valence-corrected chi connectivity index (χ2v) is 8.62. The molecule has 0 bridgehead atoms. The number of hydrogen-bond acceptors (Lipinski definition) is 5. The number of aromatic nitrogens is 2. The summed E-state index contributed by atoms with van der Waals surface area (Å²) in [6.45, 7) is 5.87. The Kier molecular flexibility index (Phi) is 7.49. The predicted octanol–water partition coefficient (Wildman–Crippen LogP) is 3.53. The minimum absolute atomic E-state index is 0.309. The fraction of sp³-hybridized carbons (Fsp3) is 0.333. The lowest BCUT2D eigenvalue weighted by molar-refractivity contribution is 0.153. The van der Waals surface area contributed by atoms with E-state index in [1.165, 1.54) is 0 Å². The van der Waals surface area contributed by atoms with E-state index in [-0.39, 0.29) is 6.03 Å². The first-order valence-corrected chi connectivity index (χ1v) is 11.6. The molecule has 33 heavy (non-hydrogen) atoms. The molecule has 0 aliphatic carbocycles. The minimum atomic E-state index is -0.309. The molecule has 8 nitrogen and oxygen atoms in total. The average Bonchev–Trinajstić information content (AvgIpc) is 3.14. The zero-order chi connectivity index (χ0) is 23.2. The maximum absolute atomic E-state index is 12.7. The molecule has 9 heteroatoms. The van der Waals surface area contributed by atoms with Crippen LogP contribution in [0.25, 0.3) is 16.9 Å². The molecule has 1 saturated heterocycles. The van der Waals surface area contributed by atoms with Crippen LogP contribution in [0.15, 0.2) is 54.6 Å². The molecule has 1 aromatic heterocycles. The lowest BCUT2D eigenvalue weighted by Crippen LogP contribution is -2.45. The van der Waals surface area contributed by atoms with Gasteiger partial charge in [-0.2, -0.15) is 5.10 Å². The van der Waals surface area contributed by atoms with Gasteiger partial charge in [0.1, 0.15) is 11.4 Å². The number of nitrogens with zero attached hydrogens (tertiary/aromatic N) is 4. The Hall–Kier alpha value is -3.07. The first-order chi connectivity index (χ1) is 16.0. The number of carbonyl (C=O) groups excluding carboxylic acids is 1. The first-order valence-electron chi connectivity index (χ1n) is 11.2. The number of halogens is 1. The summed E-state index contributed by atoms with van der Waals surface area (Å²) >= 11 is 6.38. The van der Waals surface area contributed by atoms with Gasteiger partial charge in [-0.25, -0.2) is 9.48 Å². The number of urea groups is 1. The topological polar surface area (TPSA) is 91.5 Å². The third kappa shape index (κ3) is 5.65. The van der Waals surface area contributed by atoms with Crippen LogP contribution in [0.3, 0.4) is 0 Å². The van der Waals surface area contributed by atoms with Crippen molar-refractivity contribution >= 4 is 29.1 Å². The molecular formula is C24H30ClN7O. The van der Waals surface area contributed by atoms with E-state index in [1.54, 1.807) is 10.7 Å². The van der Waals surface area contributed by atoms with Gasteiger partial charge in [0, 0.05) is 38.3 Å². The molecule has 0 radical (unpaired) electrons. The van der Waals surface area contributed by atoms with E-state index in [0.717, 1.165) is 44.7 Å². The molecule has 174 valence electrons. The third-order valence-corrected chi connectivity index (χ3v) is 6.14. The summed E-state index contributed by atoms with van der Waals surface area (Å²) in [5, 5.41) is 11.1. The number of amides is 2. The van der Waals surface area contributed by atoms with Crippen LogP contribution in [-0.4, -0.2) is 71.9 Å². The number of piperazine rings is 1. The van der Waals surface area contributed by atoms with Gasteiger partial charge in [-0.3, -0.25) is 0 Å². The quantitative estimate of drug-likeness (QED) is 0.462. The Morgan fingerprint density at radius 2 is 1.76 bits per heavy atom. The van der Waals surface area contributed by atoms with Crippen LogP contribution in [0.5, 0.6) is 0 Å². The molecular weight excluding hydrogens is 438 g/mol. The molecule has 1 fully saturated rings. The number of carbonyl (C=O) groups is 1. The number of para-hydroxylation sites is 1. The van der Waals surface area contributed by atoms with Gasteiger partial charge in [0.05, 0.1) is 10.7 Å². The van der Waals surface area contributed by atoms with Gasteiger partial charge >= 0.3 is 6.03 Å². The van der Waals surface area contributed by atoms with Crippen molar-refractivity contribution in [2.45, 2.75) is 6.42 Å². The highest BCUT2D eigenvalue weighted by Crippen LogP contribution is 2.35. The maximum Gasteiger partial charge on any atom is 0.319 e. The third-order valence-electron chi connectivity index (χ3n) is 5.82. The van der Waals surface area contributed by atoms with Gasteiger partial charge in [-0.1, -0.05) is 54.1 Å². The van der Waals surface area contributed by atoms with Crippen molar-refractivity contribution in [2.75, 3.05) is 57.4 Å². The molecule has 0 saturated carbocycles. The molecule has 2 aromatic carbocycles. The van der Waals surface area contributed by atoms with Crippen molar-refractivity contribution in [3.05, 3.63) is 59.6 Å². The highest BCUT2D eigenvalue weighted by molar-refractivity contribution is 6.32. The van der Waals surface area contributed by atoms with E-state index < -0.39 is 0 Å². The molecule has 2 heterocycles. The van der Waals surface area contributed by atoms with Crippen LogP contribution in [0, 0.1) is 0 Å². The van der Waals surface area contributed by atoms with Gasteiger partial charge < -0.3 is 26.2 Å². The number of nitrogens with two attached hydrogens (primary N) is 1. The SMILES string of the molecule is CN1CCN(CCCNC(=O)Nc2c(-c3ccccc3)nn(-c3ccccc3Cl)c2N)CC1. The summed E-state index contributed by atoms with van der Waals surface area (Å²) in [4.78, 5) is 17.5. The summed E-state index contributed by atoms with van der Waals surface area (Å²) < 4.78 is 1.56. The van der Waals surface area contributed by atoms with Crippen molar-refractivity contribution in [1.29, 1.82) is 0 Å². The van der Waals surface area contributed by atoms with E-state index in [9.17, 15) is 4.79 Å². The fourth-order valence-corrected chi connectivity index (χ4v) is 4.11. The molecule has 3 aromatic rings. The Balaban J connectivity index is 1.46. The largest absolute Gasteiger partial charge is 0.382 e. The van der Waals surface area contributed by atoms with E-state index in [1.807, 2.05) is 48.5 Å². The van der Waals surface area contributed by atoms with Gasteiger partial charge in [0.15, 0.2) is 5.82 Å². The van der Waals surface area contributed by atoms with E-state index in [4.69, 9.17) is 17.3 Å². The minimum Gasteiger partial charge on any atom is -0.382 e. The van der Waals surface area contributed by atoms with Crippen molar-refractivity contribution < 1.29 is 4.79 Å². The smallest absolute Gasteiger partial charge is 0.319 e. The molecule has 1 aliphatic heterocycles. The maximum atomic E-state index is 12.7. The molecule has 2 amide bonds. The Bertz CT molecular complexity index is 1080. The van der Waals surface area contributed by atoms with Crippen LogP contribution >= 0.6 is 11.6 Å². The normalized spacial score (nSPS) is 14.8. The highest BCUT2D eigenvalue weighted by atomic mass is 35.5. The number of nitrogen functional groups attached to an aromatic ring is 1. The van der Waals surface area contributed by atoms with Crippen molar-refractivity contribution in [3.8, 4) is 16.9 Å². The van der Waals surface area contributed by atoms with Crippen LogP contribution in [0.1, 0.15) is 6.42 Å². The second-order valence-electron chi connectivity index (χ2n) is 8.22. The monoisotopic (exact) mass is 467 g/mol. The lowest BCUT2D eigenvalue weighted by atomic mass is 10.1. The zero-order valence-corrected chi connectivity index (χ0v) is 19.6. The zero-order valence-electron chi connectivity index (χ0n) is 18.8. The Morgan fingerprint density at radius 1 is 1.06 bits per heavy atom. The average molecular weight is 468 g/mol. The number of nitrogens with one attached hydrogen (secondary N) is 2. The van der Waals surface area contributed by atoms with E-state index in [2.05, 4.69) is 32.6 Å². The van der Waals surface area contributed by atoms with Gasteiger partial charge in [-0.05, 0) is 32.1 Å². The number of hydrogen-bond donors (Lipinski definition) is 3. The van der Waals surface area contributed by atoms with Crippen LogP contribution in [-0.2, 0) is 0 Å². The van der Waals surface area contributed by atoms with Gasteiger partial charge in [-0.15, -0.1) is 0 Å². The summed E-state index contributed by atoms with van der Waals surface area (Å²) in [5.41, 5.74) is 8.98. The predicted molar refractivity (Wildman–Crippen MR) is 134 cm³/mol. The number of rotatable bonds is 7. The van der Waals surface area contributed by atoms with Crippen molar-refractivity contribution in [1.82, 2.24) is 24.9 Å². The molecule has 1 aliphatic rings. The van der Waals surface area contributed by atoms with Crippen molar-refractivity contribution in [3.63, 3.8) is 0 Å². The fourth-order valence-electron chi connectivity index (χ4n) is 3.89. The second kappa shape index (κ2) is 10.7. The number of anilines is 2. The molecule has 0 atom stereocenters. The lowest BCUT2D eigenvalue weighted by Gasteiger charge is -2.32. The molecule has 4 rings (SSSR count). The molecule has 0 spiro atoms. The Morgan fingerprint density at radius 3 is 2.48 bits per heavy atom. The molecule has 4 N–H and O–H groups in total. The Labute approximate surface area is 199 Å². The summed E-state index contributed by atoms with van der Waals surface area (Å²) in [6.07, 6.45) is 0.886. The number of likely N-dealkylation sites (N-methyl/N-ethyl adjacent to an activating group) is 1. The van der Waals surface area contributed by atoms with E-state index >= 15 is 0 Å². The van der Waals surface area contributed by atoms with Crippen molar-refractivity contribution in [2.24, 2.45) is 0 Å². The standard InChI is InChI=1S/C24H30ClN7O/c1-30-14-16-31(17-15-30)13-7-12-27-24(33)28-22-21(18-8-3-2-4-9-18)29-32(23(22)26)20-11-6-5-10-19(20)25/h2-6,8-11H,7,12-17,26H2,1H3,(H2,27,28,33). The summed E-state index contributed by atoms with van der Waals surface area (Å²) in [7, 11) is 2.15. The molecule has 0 unspecified atom stereocenters. The van der Waals surface area contributed by atoms with E-state index in [0.29, 0.717) is 34.5 Å². The van der Waals surface area contributed by atoms with Crippen LogP contribution in [0.4, 0.5) is 16.3 Å². The van der Waals surface area contributed by atoms with Crippen LogP contribution < -0.4 is 16.4 Å². The highest BCUT2D eigenvalue weighted by Gasteiger charge is 2.21.